The Balaban J connectivity index is 2.10. The Morgan fingerprint density at radius 3 is 2.89 bits per heavy atom. The molecule has 1 aromatic rings. The zero-order valence-electron chi connectivity index (χ0n) is 11.9. The molecule has 1 N–H and O–H groups in total. The molecule has 1 atom stereocenters. The van der Waals surface area contributed by atoms with E-state index in [0.29, 0.717) is 6.04 Å². The van der Waals surface area contributed by atoms with Crippen LogP contribution in [-0.4, -0.2) is 32.8 Å². The van der Waals surface area contributed by atoms with Gasteiger partial charge in [-0.05, 0) is 24.5 Å². The van der Waals surface area contributed by atoms with Crippen molar-refractivity contribution in [1.82, 2.24) is 5.32 Å². The molecule has 1 unspecified atom stereocenters. The van der Waals surface area contributed by atoms with Crippen molar-refractivity contribution in [2.75, 3.05) is 31.6 Å². The number of methoxy groups -OCH3 is 1. The lowest BCUT2D eigenvalue weighted by Gasteiger charge is -2.36. The maximum absolute atomic E-state index is 5.35. The highest BCUT2D eigenvalue weighted by molar-refractivity contribution is 9.10. The Hall–Kier alpha value is -0.740. The molecule has 1 aromatic carbocycles. The molecule has 3 nitrogen and oxygen atoms in total. The van der Waals surface area contributed by atoms with Crippen LogP contribution in [0.1, 0.15) is 20.3 Å². The van der Waals surface area contributed by atoms with E-state index < -0.39 is 0 Å². The highest BCUT2D eigenvalue weighted by Crippen LogP contribution is 2.28. The van der Waals surface area contributed by atoms with Crippen LogP contribution >= 0.6 is 15.9 Å². The smallest absolute Gasteiger partial charge is 0.122 e. The second kappa shape index (κ2) is 6.62. The standard InChI is InChI=1S/C15H23BrN2O/c1-11(2)6-13-10-18(5-4-17-13)14-7-12(16)8-15(9-14)19-3/h7-9,11,13,17H,4-6,10H2,1-3H3. The van der Waals surface area contributed by atoms with Crippen molar-refractivity contribution in [2.45, 2.75) is 26.3 Å². The minimum Gasteiger partial charge on any atom is -0.497 e. The molecule has 4 heteroatoms. The molecular weight excluding hydrogens is 304 g/mol. The molecule has 1 aliphatic heterocycles. The van der Waals surface area contributed by atoms with Gasteiger partial charge in [-0.15, -0.1) is 0 Å². The molecule has 1 aliphatic rings. The van der Waals surface area contributed by atoms with Crippen molar-refractivity contribution in [3.8, 4) is 5.75 Å². The van der Waals surface area contributed by atoms with Crippen molar-refractivity contribution in [3.05, 3.63) is 22.7 Å². The van der Waals surface area contributed by atoms with Crippen LogP contribution in [0.2, 0.25) is 0 Å². The minimum absolute atomic E-state index is 0.582. The largest absolute Gasteiger partial charge is 0.497 e. The average molecular weight is 327 g/mol. The van der Waals surface area contributed by atoms with Crippen LogP contribution in [0.3, 0.4) is 0 Å². The Labute approximate surface area is 124 Å². The highest BCUT2D eigenvalue weighted by Gasteiger charge is 2.20. The lowest BCUT2D eigenvalue weighted by molar-refractivity contribution is 0.387. The summed E-state index contributed by atoms with van der Waals surface area (Å²) in [7, 11) is 1.71. The van der Waals surface area contributed by atoms with Gasteiger partial charge in [0.05, 0.1) is 7.11 Å². The maximum Gasteiger partial charge on any atom is 0.122 e. The number of nitrogens with one attached hydrogen (secondary N) is 1. The van der Waals surface area contributed by atoms with Crippen LogP contribution in [0, 0.1) is 5.92 Å². The molecule has 0 saturated carbocycles. The van der Waals surface area contributed by atoms with E-state index in [1.165, 1.54) is 12.1 Å². The number of anilines is 1. The Morgan fingerprint density at radius 1 is 1.42 bits per heavy atom. The normalized spacial score (nSPS) is 19.8. The number of halogens is 1. The van der Waals surface area contributed by atoms with E-state index >= 15 is 0 Å². The zero-order chi connectivity index (χ0) is 13.8. The summed E-state index contributed by atoms with van der Waals surface area (Å²) in [6, 6.07) is 6.86. The van der Waals surface area contributed by atoms with Crippen molar-refractivity contribution in [1.29, 1.82) is 0 Å². The van der Waals surface area contributed by atoms with E-state index in [9.17, 15) is 0 Å². The molecule has 0 aliphatic carbocycles. The van der Waals surface area contributed by atoms with E-state index in [2.05, 4.69) is 52.1 Å². The fraction of sp³-hybridized carbons (Fsp3) is 0.600. The summed E-state index contributed by atoms with van der Waals surface area (Å²) < 4.78 is 6.42. The van der Waals surface area contributed by atoms with Gasteiger partial charge in [0.15, 0.2) is 0 Å². The van der Waals surface area contributed by atoms with Crippen molar-refractivity contribution in [3.63, 3.8) is 0 Å². The maximum atomic E-state index is 5.35. The summed E-state index contributed by atoms with van der Waals surface area (Å²) in [6.45, 7) is 7.73. The Kier molecular flexibility index (Phi) is 5.11. The summed E-state index contributed by atoms with van der Waals surface area (Å²) in [5, 5.41) is 3.61. The van der Waals surface area contributed by atoms with Gasteiger partial charge in [0.25, 0.3) is 0 Å². The van der Waals surface area contributed by atoms with Crippen LogP contribution in [0.25, 0.3) is 0 Å². The van der Waals surface area contributed by atoms with Crippen LogP contribution in [0.15, 0.2) is 22.7 Å². The Bertz CT molecular complexity index is 423. The van der Waals surface area contributed by atoms with Gasteiger partial charge in [0.1, 0.15) is 5.75 Å². The number of hydrogen-bond acceptors (Lipinski definition) is 3. The fourth-order valence-corrected chi connectivity index (χ4v) is 3.10. The molecule has 0 spiro atoms. The predicted octanol–water partition coefficient (Wildman–Crippen LogP) is 3.28. The lowest BCUT2D eigenvalue weighted by atomic mass is 10.0. The van der Waals surface area contributed by atoms with Gasteiger partial charge in [0.2, 0.25) is 0 Å². The fourth-order valence-electron chi connectivity index (χ4n) is 2.64. The van der Waals surface area contributed by atoms with E-state index in [-0.39, 0.29) is 0 Å². The summed E-state index contributed by atoms with van der Waals surface area (Å²) in [6.07, 6.45) is 1.22. The molecular formula is C15H23BrN2O. The SMILES string of the molecule is COc1cc(Br)cc(N2CCNC(CC(C)C)C2)c1. The van der Waals surface area contributed by atoms with Crippen molar-refractivity contribution in [2.24, 2.45) is 5.92 Å². The van der Waals surface area contributed by atoms with Gasteiger partial charge in [0, 0.05) is 41.9 Å². The number of rotatable bonds is 4. The second-order valence-electron chi connectivity index (χ2n) is 5.58. The molecule has 2 rings (SSSR count). The van der Waals surface area contributed by atoms with Crippen LogP contribution in [-0.2, 0) is 0 Å². The second-order valence-corrected chi connectivity index (χ2v) is 6.49. The predicted molar refractivity (Wildman–Crippen MR) is 84.2 cm³/mol. The molecule has 0 bridgehead atoms. The lowest BCUT2D eigenvalue weighted by Crippen LogP contribution is -2.51. The summed E-state index contributed by atoms with van der Waals surface area (Å²) in [5.74, 6) is 1.64. The van der Waals surface area contributed by atoms with E-state index in [1.807, 2.05) is 6.07 Å². The molecule has 0 radical (unpaired) electrons. The van der Waals surface area contributed by atoms with Crippen LogP contribution in [0.4, 0.5) is 5.69 Å². The van der Waals surface area contributed by atoms with Gasteiger partial charge in [-0.25, -0.2) is 0 Å². The van der Waals surface area contributed by atoms with Crippen molar-refractivity contribution >= 4 is 21.6 Å². The molecule has 19 heavy (non-hydrogen) atoms. The van der Waals surface area contributed by atoms with Gasteiger partial charge in [-0.1, -0.05) is 29.8 Å². The average Bonchev–Trinajstić information content (AvgIpc) is 2.37. The zero-order valence-corrected chi connectivity index (χ0v) is 13.5. The quantitative estimate of drug-likeness (QED) is 0.918. The third-order valence-electron chi connectivity index (χ3n) is 3.47. The van der Waals surface area contributed by atoms with Crippen molar-refractivity contribution < 1.29 is 4.74 Å². The van der Waals surface area contributed by atoms with Gasteiger partial charge >= 0.3 is 0 Å². The molecule has 1 heterocycles. The number of hydrogen-bond donors (Lipinski definition) is 1. The summed E-state index contributed by atoms with van der Waals surface area (Å²) in [4.78, 5) is 2.44. The monoisotopic (exact) mass is 326 g/mol. The highest BCUT2D eigenvalue weighted by atomic mass is 79.9. The van der Waals surface area contributed by atoms with Gasteiger partial charge in [-0.3, -0.25) is 0 Å². The first kappa shape index (κ1) is 14.7. The van der Waals surface area contributed by atoms with E-state index in [0.717, 1.165) is 35.8 Å². The molecule has 1 fully saturated rings. The van der Waals surface area contributed by atoms with E-state index in [1.54, 1.807) is 7.11 Å². The third kappa shape index (κ3) is 4.11. The number of piperazine rings is 1. The summed E-state index contributed by atoms with van der Waals surface area (Å²) in [5.41, 5.74) is 1.24. The van der Waals surface area contributed by atoms with Crippen LogP contribution in [0.5, 0.6) is 5.75 Å². The first-order valence-electron chi connectivity index (χ1n) is 6.91. The third-order valence-corrected chi connectivity index (χ3v) is 3.93. The minimum atomic E-state index is 0.582. The van der Waals surface area contributed by atoms with E-state index in [4.69, 9.17) is 4.74 Å². The molecule has 0 amide bonds. The summed E-state index contributed by atoms with van der Waals surface area (Å²) >= 11 is 3.55. The molecule has 106 valence electrons. The molecule has 0 aromatic heterocycles. The first-order valence-corrected chi connectivity index (χ1v) is 7.70. The number of ether oxygens (including phenoxy) is 1. The Morgan fingerprint density at radius 2 is 2.21 bits per heavy atom. The van der Waals surface area contributed by atoms with Gasteiger partial charge in [-0.2, -0.15) is 0 Å². The van der Waals surface area contributed by atoms with Crippen LogP contribution < -0.4 is 15.0 Å². The number of benzene rings is 1. The topological polar surface area (TPSA) is 24.5 Å². The number of nitrogens with zero attached hydrogens (tertiary/aromatic N) is 1. The van der Waals surface area contributed by atoms with Gasteiger partial charge < -0.3 is 15.0 Å². The first-order chi connectivity index (χ1) is 9.08. The molecule has 1 saturated heterocycles.